The summed E-state index contributed by atoms with van der Waals surface area (Å²) < 4.78 is 5.46. The van der Waals surface area contributed by atoms with Crippen LogP contribution >= 0.6 is 0 Å². The van der Waals surface area contributed by atoms with E-state index in [2.05, 4.69) is 11.8 Å². The first-order valence-electron chi connectivity index (χ1n) is 12.7. The van der Waals surface area contributed by atoms with E-state index in [1.807, 2.05) is 66.5 Å². The molecular formula is C32H30N2O5. The van der Waals surface area contributed by atoms with Gasteiger partial charge in [0, 0.05) is 52.9 Å². The van der Waals surface area contributed by atoms with Crippen molar-refractivity contribution >= 4 is 34.5 Å². The zero-order valence-corrected chi connectivity index (χ0v) is 21.9. The van der Waals surface area contributed by atoms with E-state index >= 15 is 0 Å². The van der Waals surface area contributed by atoms with E-state index in [9.17, 15) is 19.8 Å². The van der Waals surface area contributed by atoms with Crippen LogP contribution in [0.1, 0.15) is 33.2 Å². The van der Waals surface area contributed by atoms with Gasteiger partial charge in [0.25, 0.3) is 0 Å². The van der Waals surface area contributed by atoms with Crippen LogP contribution in [0.3, 0.4) is 0 Å². The Kier molecular flexibility index (Phi) is 7.09. The lowest BCUT2D eigenvalue weighted by Crippen LogP contribution is -2.47. The Labute approximate surface area is 227 Å². The lowest BCUT2D eigenvalue weighted by atomic mass is 9.87. The Balaban J connectivity index is 1.48. The van der Waals surface area contributed by atoms with Crippen molar-refractivity contribution in [2.24, 2.45) is 5.41 Å². The molecule has 39 heavy (non-hydrogen) atoms. The van der Waals surface area contributed by atoms with Gasteiger partial charge in [-0.1, -0.05) is 25.1 Å². The summed E-state index contributed by atoms with van der Waals surface area (Å²) in [4.78, 5) is 29.7. The van der Waals surface area contributed by atoms with Crippen molar-refractivity contribution in [3.63, 3.8) is 0 Å². The highest BCUT2D eigenvalue weighted by Crippen LogP contribution is 2.35. The predicted octanol–water partition coefficient (Wildman–Crippen LogP) is 6.26. The first kappa shape index (κ1) is 26.0. The molecule has 1 aliphatic rings. The molecule has 1 fully saturated rings. The molecule has 1 heterocycles. The first-order chi connectivity index (χ1) is 18.7. The third-order valence-electron chi connectivity index (χ3n) is 7.00. The largest absolute Gasteiger partial charge is 0.508 e. The molecule has 2 N–H and O–H groups in total. The van der Waals surface area contributed by atoms with E-state index < -0.39 is 5.97 Å². The summed E-state index contributed by atoms with van der Waals surface area (Å²) in [7, 11) is 1.90. The maximum absolute atomic E-state index is 13.6. The molecule has 0 radical (unpaired) electrons. The van der Waals surface area contributed by atoms with E-state index in [1.54, 1.807) is 36.4 Å². The number of carboxylic acids is 1. The lowest BCUT2D eigenvalue weighted by Gasteiger charge is -2.42. The summed E-state index contributed by atoms with van der Waals surface area (Å²) in [5, 5.41) is 19.4. The number of nitrogens with zero attached hydrogens (tertiary/aromatic N) is 2. The van der Waals surface area contributed by atoms with Crippen molar-refractivity contribution < 1.29 is 24.5 Å². The van der Waals surface area contributed by atoms with Gasteiger partial charge in [0.15, 0.2) is 5.78 Å². The highest BCUT2D eigenvalue weighted by atomic mass is 16.5. The molecule has 7 heteroatoms. The Bertz CT molecular complexity index is 1480. The molecule has 4 aromatic carbocycles. The standard InChI is InChI=1S/C32H30N2O5/c1-32(20-39-21-32)19-34(27-6-4-3-5-7-27)28-17-23(16-24(18-28)31(37)38)30(36)22-8-10-25(11-9-22)33(2)26-12-14-29(35)15-13-26/h3-18,35H,19-21H2,1-2H3,(H,37,38). The number of ether oxygens (including phenoxy) is 1. The van der Waals surface area contributed by atoms with Gasteiger partial charge in [0.05, 0.1) is 18.8 Å². The fraction of sp³-hybridized carbons (Fsp3) is 0.188. The number of carbonyl (C=O) groups is 2. The number of aromatic carboxylic acids is 1. The Morgan fingerprint density at radius 3 is 1.92 bits per heavy atom. The summed E-state index contributed by atoms with van der Waals surface area (Å²) in [5.41, 5.74) is 4.03. The topological polar surface area (TPSA) is 90.3 Å². The number of carboxylic acid groups (broad SMARTS) is 1. The Hall–Kier alpha value is -4.62. The molecule has 1 saturated heterocycles. The van der Waals surface area contributed by atoms with Gasteiger partial charge >= 0.3 is 5.97 Å². The van der Waals surface area contributed by atoms with Crippen molar-refractivity contribution in [1.29, 1.82) is 0 Å². The van der Waals surface area contributed by atoms with Gasteiger partial charge in [0.2, 0.25) is 0 Å². The summed E-state index contributed by atoms with van der Waals surface area (Å²) >= 11 is 0. The third kappa shape index (κ3) is 5.63. The number of phenolic OH excluding ortho intramolecular Hbond substituents is 1. The van der Waals surface area contributed by atoms with Gasteiger partial charge in [-0.15, -0.1) is 0 Å². The van der Waals surface area contributed by atoms with Gasteiger partial charge in [0.1, 0.15) is 5.75 Å². The average molecular weight is 523 g/mol. The smallest absolute Gasteiger partial charge is 0.335 e. The molecule has 0 aromatic heterocycles. The highest BCUT2D eigenvalue weighted by Gasteiger charge is 2.36. The van der Waals surface area contributed by atoms with Gasteiger partial charge < -0.3 is 24.7 Å². The minimum absolute atomic E-state index is 0.0514. The number of para-hydroxylation sites is 1. The van der Waals surface area contributed by atoms with Gasteiger partial charge in [-0.25, -0.2) is 4.79 Å². The van der Waals surface area contributed by atoms with Gasteiger partial charge in [-0.3, -0.25) is 4.79 Å². The highest BCUT2D eigenvalue weighted by molar-refractivity contribution is 6.10. The van der Waals surface area contributed by atoms with Crippen molar-refractivity contribution in [1.82, 2.24) is 0 Å². The van der Waals surface area contributed by atoms with Crippen LogP contribution in [-0.4, -0.2) is 48.8 Å². The summed E-state index contributed by atoms with van der Waals surface area (Å²) in [5.74, 6) is -1.16. The van der Waals surface area contributed by atoms with E-state index in [0.717, 1.165) is 17.1 Å². The molecule has 0 aliphatic carbocycles. The summed E-state index contributed by atoms with van der Waals surface area (Å²) in [6.45, 7) is 3.99. The fourth-order valence-corrected chi connectivity index (χ4v) is 4.71. The Morgan fingerprint density at radius 2 is 1.36 bits per heavy atom. The Morgan fingerprint density at radius 1 is 0.769 bits per heavy atom. The predicted molar refractivity (Wildman–Crippen MR) is 152 cm³/mol. The number of carbonyl (C=O) groups excluding carboxylic acids is 1. The number of rotatable bonds is 9. The maximum atomic E-state index is 13.6. The van der Waals surface area contributed by atoms with Crippen LogP contribution < -0.4 is 9.80 Å². The second-order valence-electron chi connectivity index (χ2n) is 10.3. The average Bonchev–Trinajstić information content (AvgIpc) is 2.95. The molecule has 0 atom stereocenters. The first-order valence-corrected chi connectivity index (χ1v) is 12.7. The third-order valence-corrected chi connectivity index (χ3v) is 7.00. The second kappa shape index (κ2) is 10.6. The van der Waals surface area contributed by atoms with Crippen molar-refractivity contribution in [3.8, 4) is 5.75 Å². The molecule has 7 nitrogen and oxygen atoms in total. The number of anilines is 4. The molecule has 0 amide bonds. The number of aromatic hydroxyl groups is 1. The maximum Gasteiger partial charge on any atom is 0.335 e. The summed E-state index contributed by atoms with van der Waals surface area (Å²) in [6.07, 6.45) is 0. The van der Waals surface area contributed by atoms with Crippen molar-refractivity contribution in [2.45, 2.75) is 6.92 Å². The van der Waals surface area contributed by atoms with Crippen LogP contribution in [0.15, 0.2) is 97.1 Å². The van der Waals surface area contributed by atoms with E-state index in [-0.39, 0.29) is 22.5 Å². The molecular weight excluding hydrogens is 492 g/mol. The SMILES string of the molecule is CN(c1ccc(O)cc1)c1ccc(C(=O)c2cc(C(=O)O)cc(N(CC3(C)COC3)c3ccccc3)c2)cc1. The minimum atomic E-state index is -1.09. The normalized spacial score (nSPS) is 13.8. The molecule has 4 aromatic rings. The molecule has 198 valence electrons. The number of ketones is 1. The zero-order chi connectivity index (χ0) is 27.6. The second-order valence-corrected chi connectivity index (χ2v) is 10.3. The van der Waals surface area contributed by atoms with E-state index in [4.69, 9.17) is 4.74 Å². The minimum Gasteiger partial charge on any atom is -0.508 e. The van der Waals surface area contributed by atoms with E-state index in [0.29, 0.717) is 36.6 Å². The van der Waals surface area contributed by atoms with Crippen LogP contribution in [-0.2, 0) is 4.74 Å². The molecule has 0 spiro atoms. The van der Waals surface area contributed by atoms with Crippen LogP contribution in [0.4, 0.5) is 22.7 Å². The van der Waals surface area contributed by atoms with Crippen molar-refractivity contribution in [3.05, 3.63) is 114 Å². The number of hydrogen-bond acceptors (Lipinski definition) is 6. The summed E-state index contributed by atoms with van der Waals surface area (Å²) in [6, 6.07) is 28.6. The van der Waals surface area contributed by atoms with Gasteiger partial charge in [-0.2, -0.15) is 0 Å². The molecule has 1 aliphatic heterocycles. The molecule has 0 saturated carbocycles. The van der Waals surface area contributed by atoms with Crippen LogP contribution in [0, 0.1) is 5.41 Å². The van der Waals surface area contributed by atoms with E-state index in [1.165, 1.54) is 6.07 Å². The molecule has 0 unspecified atom stereocenters. The number of phenols is 1. The number of hydrogen-bond donors (Lipinski definition) is 2. The molecule has 0 bridgehead atoms. The quantitative estimate of drug-likeness (QED) is 0.251. The number of benzene rings is 4. The monoisotopic (exact) mass is 522 g/mol. The fourth-order valence-electron chi connectivity index (χ4n) is 4.71. The van der Waals surface area contributed by atoms with Gasteiger partial charge in [-0.05, 0) is 78.9 Å². The van der Waals surface area contributed by atoms with Crippen LogP contribution in [0.5, 0.6) is 5.75 Å². The van der Waals surface area contributed by atoms with Crippen molar-refractivity contribution in [2.75, 3.05) is 36.6 Å². The van der Waals surface area contributed by atoms with Crippen LogP contribution in [0.25, 0.3) is 0 Å². The lowest BCUT2D eigenvalue weighted by molar-refractivity contribution is -0.0946. The molecule has 5 rings (SSSR count). The zero-order valence-electron chi connectivity index (χ0n) is 21.9. The van der Waals surface area contributed by atoms with Crippen LogP contribution in [0.2, 0.25) is 0 Å².